The molecule has 176 valence electrons. The number of hydrogen-bond acceptors (Lipinski definition) is 7. The van der Waals surface area contributed by atoms with E-state index in [1.807, 2.05) is 12.1 Å². The smallest absolute Gasteiger partial charge is 0.323 e. The maximum atomic E-state index is 12.6. The third-order valence-corrected chi connectivity index (χ3v) is 5.66. The summed E-state index contributed by atoms with van der Waals surface area (Å²) in [7, 11) is 1.49. The molecule has 31 heavy (non-hydrogen) atoms. The van der Waals surface area contributed by atoms with Crippen molar-refractivity contribution in [3.63, 3.8) is 0 Å². The predicted molar refractivity (Wildman–Crippen MR) is 126 cm³/mol. The molecular weight excluding hydrogens is 392 g/mol. The predicted octanol–water partition coefficient (Wildman–Crippen LogP) is 1.81. The zero-order valence-electron chi connectivity index (χ0n) is 19.5. The summed E-state index contributed by atoms with van der Waals surface area (Å²) in [5, 5.41) is 10.3. The first kappa shape index (κ1) is 25.6. The number of aryl methyl sites for hydroxylation is 1. The van der Waals surface area contributed by atoms with Crippen LogP contribution in [-0.2, 0) is 16.0 Å². The highest BCUT2D eigenvalue weighted by Gasteiger charge is 2.26. The van der Waals surface area contributed by atoms with E-state index < -0.39 is 0 Å². The van der Waals surface area contributed by atoms with E-state index in [9.17, 15) is 4.79 Å². The van der Waals surface area contributed by atoms with Gasteiger partial charge in [-0.2, -0.15) is 0 Å². The maximum Gasteiger partial charge on any atom is 0.323 e. The zero-order chi connectivity index (χ0) is 22.2. The van der Waals surface area contributed by atoms with E-state index in [1.54, 1.807) is 0 Å². The van der Waals surface area contributed by atoms with Crippen molar-refractivity contribution in [2.75, 3.05) is 66.1 Å². The highest BCUT2D eigenvalue weighted by Crippen LogP contribution is 2.16. The average molecular weight is 435 g/mol. The second kappa shape index (κ2) is 16.0. The van der Waals surface area contributed by atoms with Gasteiger partial charge in [0, 0.05) is 52.4 Å². The van der Waals surface area contributed by atoms with Gasteiger partial charge in [0.15, 0.2) is 0 Å². The lowest BCUT2D eigenvalue weighted by molar-refractivity contribution is -0.147. The molecule has 1 saturated heterocycles. The molecule has 3 N–H and O–H groups in total. The van der Waals surface area contributed by atoms with Crippen molar-refractivity contribution >= 4 is 5.97 Å². The Labute approximate surface area is 188 Å². The third-order valence-electron chi connectivity index (χ3n) is 5.66. The standard InChI is InChI=1S/C24H42N4O3/c1-3-4-20-31-22-10-8-21(9-11-22)6-5-7-23(24(29)30-2)28-18-16-26-14-12-25-13-15-27-17-19-28/h8-11,23,25-27H,3-7,12-20H2,1-2H3. The summed E-state index contributed by atoms with van der Waals surface area (Å²) in [6.45, 7) is 10.2. The van der Waals surface area contributed by atoms with Crippen molar-refractivity contribution < 1.29 is 14.3 Å². The van der Waals surface area contributed by atoms with Crippen molar-refractivity contribution in [2.45, 2.75) is 45.1 Å². The van der Waals surface area contributed by atoms with Crippen LogP contribution in [0.4, 0.5) is 0 Å². The molecule has 1 aliphatic rings. The first-order valence-electron chi connectivity index (χ1n) is 11.9. The number of hydrogen-bond donors (Lipinski definition) is 3. The topological polar surface area (TPSA) is 74.9 Å². The van der Waals surface area contributed by atoms with E-state index in [2.05, 4.69) is 39.9 Å². The highest BCUT2D eigenvalue weighted by atomic mass is 16.5. The Bertz CT molecular complexity index is 585. The number of esters is 1. The number of carbonyl (C=O) groups is 1. The van der Waals surface area contributed by atoms with Crippen LogP contribution < -0.4 is 20.7 Å². The van der Waals surface area contributed by atoms with E-state index >= 15 is 0 Å². The molecule has 0 aromatic heterocycles. The fraction of sp³-hybridized carbons (Fsp3) is 0.708. The number of methoxy groups -OCH3 is 1. The molecule has 1 heterocycles. The van der Waals surface area contributed by atoms with Gasteiger partial charge >= 0.3 is 5.97 Å². The van der Waals surface area contributed by atoms with Gasteiger partial charge < -0.3 is 25.4 Å². The van der Waals surface area contributed by atoms with Crippen molar-refractivity contribution in [3.8, 4) is 5.75 Å². The lowest BCUT2D eigenvalue weighted by Gasteiger charge is -2.30. The van der Waals surface area contributed by atoms with Gasteiger partial charge in [0.2, 0.25) is 0 Å². The Kier molecular flexibility index (Phi) is 13.2. The van der Waals surface area contributed by atoms with Crippen LogP contribution in [0.1, 0.15) is 38.2 Å². The molecular formula is C24H42N4O3. The minimum atomic E-state index is -0.202. The zero-order valence-corrected chi connectivity index (χ0v) is 19.5. The molecule has 0 saturated carbocycles. The fourth-order valence-corrected chi connectivity index (χ4v) is 3.77. The lowest BCUT2D eigenvalue weighted by Crippen LogP contribution is -2.49. The monoisotopic (exact) mass is 434 g/mol. The van der Waals surface area contributed by atoms with Crippen molar-refractivity contribution in [2.24, 2.45) is 0 Å². The Morgan fingerprint density at radius 2 is 1.58 bits per heavy atom. The Morgan fingerprint density at radius 3 is 2.16 bits per heavy atom. The Morgan fingerprint density at radius 1 is 0.968 bits per heavy atom. The van der Waals surface area contributed by atoms with Gasteiger partial charge in [0.05, 0.1) is 13.7 Å². The summed E-state index contributed by atoms with van der Waals surface area (Å²) in [4.78, 5) is 14.8. The molecule has 7 nitrogen and oxygen atoms in total. The molecule has 1 atom stereocenters. The molecule has 0 aliphatic carbocycles. The van der Waals surface area contributed by atoms with Crippen LogP contribution >= 0.6 is 0 Å². The fourth-order valence-electron chi connectivity index (χ4n) is 3.77. The van der Waals surface area contributed by atoms with E-state index in [0.717, 1.165) is 96.8 Å². The average Bonchev–Trinajstić information content (AvgIpc) is 2.78. The molecule has 0 spiro atoms. The molecule has 2 rings (SSSR count). The maximum absolute atomic E-state index is 12.6. The Balaban J connectivity index is 1.86. The van der Waals surface area contributed by atoms with E-state index in [0.29, 0.717) is 0 Å². The molecule has 1 aromatic rings. The first-order chi connectivity index (χ1) is 15.2. The van der Waals surface area contributed by atoms with Crippen LogP contribution in [0.3, 0.4) is 0 Å². The summed E-state index contributed by atoms with van der Waals surface area (Å²) in [6.07, 6.45) is 4.90. The normalized spacial score (nSPS) is 17.9. The second-order valence-corrected chi connectivity index (χ2v) is 8.06. The molecule has 1 aromatic carbocycles. The van der Waals surface area contributed by atoms with Gasteiger partial charge in [-0.1, -0.05) is 25.5 Å². The quantitative estimate of drug-likeness (QED) is 0.383. The number of ether oxygens (including phenoxy) is 2. The number of nitrogens with zero attached hydrogens (tertiary/aromatic N) is 1. The van der Waals surface area contributed by atoms with E-state index in [1.165, 1.54) is 12.7 Å². The molecule has 0 radical (unpaired) electrons. The summed E-state index contributed by atoms with van der Waals surface area (Å²) in [5.41, 5.74) is 1.27. The number of carbonyl (C=O) groups excluding carboxylic acids is 1. The van der Waals surface area contributed by atoms with Gasteiger partial charge in [-0.15, -0.1) is 0 Å². The van der Waals surface area contributed by atoms with Crippen molar-refractivity contribution in [3.05, 3.63) is 29.8 Å². The largest absolute Gasteiger partial charge is 0.494 e. The summed E-state index contributed by atoms with van der Waals surface area (Å²) in [5.74, 6) is 0.799. The summed E-state index contributed by atoms with van der Waals surface area (Å²) < 4.78 is 10.9. The molecule has 7 heteroatoms. The number of benzene rings is 1. The Hall–Kier alpha value is -1.67. The van der Waals surface area contributed by atoms with E-state index in [4.69, 9.17) is 9.47 Å². The van der Waals surface area contributed by atoms with Crippen LogP contribution in [0, 0.1) is 0 Å². The number of unbranched alkanes of at least 4 members (excludes halogenated alkanes) is 1. The van der Waals surface area contributed by atoms with Gasteiger partial charge in [-0.3, -0.25) is 9.69 Å². The van der Waals surface area contributed by atoms with Crippen molar-refractivity contribution in [1.82, 2.24) is 20.9 Å². The summed E-state index contributed by atoms with van der Waals surface area (Å²) >= 11 is 0. The second-order valence-electron chi connectivity index (χ2n) is 8.06. The minimum Gasteiger partial charge on any atom is -0.494 e. The molecule has 0 bridgehead atoms. The van der Waals surface area contributed by atoms with Gasteiger partial charge in [0.25, 0.3) is 0 Å². The molecule has 1 aliphatic heterocycles. The van der Waals surface area contributed by atoms with E-state index in [-0.39, 0.29) is 12.0 Å². The summed E-state index contributed by atoms with van der Waals surface area (Å²) in [6, 6.07) is 8.15. The van der Waals surface area contributed by atoms with Crippen LogP contribution in [0.15, 0.2) is 24.3 Å². The van der Waals surface area contributed by atoms with Gasteiger partial charge in [0.1, 0.15) is 11.8 Å². The van der Waals surface area contributed by atoms with Gasteiger partial charge in [-0.25, -0.2) is 0 Å². The lowest BCUT2D eigenvalue weighted by atomic mass is 10.0. The highest BCUT2D eigenvalue weighted by molar-refractivity contribution is 5.75. The van der Waals surface area contributed by atoms with Crippen LogP contribution in [-0.4, -0.2) is 83.0 Å². The van der Waals surface area contributed by atoms with Crippen LogP contribution in [0.2, 0.25) is 0 Å². The third kappa shape index (κ3) is 10.5. The minimum absolute atomic E-state index is 0.131. The molecule has 1 fully saturated rings. The first-order valence-corrected chi connectivity index (χ1v) is 11.9. The molecule has 0 amide bonds. The van der Waals surface area contributed by atoms with Gasteiger partial charge in [-0.05, 0) is 43.4 Å². The van der Waals surface area contributed by atoms with Crippen LogP contribution in [0.5, 0.6) is 5.75 Å². The molecule has 1 unspecified atom stereocenters. The SMILES string of the molecule is CCCCOc1ccc(CCCC(C(=O)OC)N2CCNCCNCCNCC2)cc1. The number of rotatable bonds is 10. The van der Waals surface area contributed by atoms with Crippen LogP contribution in [0.25, 0.3) is 0 Å². The number of nitrogens with one attached hydrogen (secondary N) is 3. The van der Waals surface area contributed by atoms with Crippen molar-refractivity contribution in [1.29, 1.82) is 0 Å².